The number of esters is 8. The Hall–Kier alpha value is -10.0. The van der Waals surface area contributed by atoms with Gasteiger partial charge in [0.2, 0.25) is 23.6 Å². The molecule has 0 fully saturated rings. The Labute approximate surface area is 654 Å². The fourth-order valence-electron chi connectivity index (χ4n) is 11.3. The highest BCUT2D eigenvalue weighted by atomic mass is 16.5. The maximum Gasteiger partial charge on any atom is 0.306 e. The number of methoxy groups -OCH3 is 8. The Balaban J connectivity index is 1.31. The average molecular weight is 1580 g/mol. The van der Waals surface area contributed by atoms with E-state index in [0.717, 1.165) is 10.8 Å². The van der Waals surface area contributed by atoms with Gasteiger partial charge in [-0.2, -0.15) is 0 Å². The monoisotopic (exact) mass is 1580 g/mol. The van der Waals surface area contributed by atoms with Crippen molar-refractivity contribution >= 4 is 82.2 Å². The fraction of sp³-hybridized carbons (Fsp3) is 0.649. The van der Waals surface area contributed by atoms with E-state index in [2.05, 4.69) is 41.9 Å². The van der Waals surface area contributed by atoms with Crippen molar-refractivity contribution in [2.75, 3.05) is 201 Å². The van der Waals surface area contributed by atoms with Crippen LogP contribution >= 0.6 is 0 Å². The Kier molecular flexibility index (Phi) is 47.4. The molecule has 4 N–H and O–H groups in total. The van der Waals surface area contributed by atoms with Crippen molar-refractivity contribution in [3.63, 3.8) is 0 Å². The Bertz CT molecular complexity index is 3090. The maximum atomic E-state index is 13.2. The van der Waals surface area contributed by atoms with E-state index < -0.39 is 47.8 Å². The minimum absolute atomic E-state index is 0.110. The van der Waals surface area contributed by atoms with Gasteiger partial charge in [-0.05, 0) is 61.0 Å². The van der Waals surface area contributed by atoms with E-state index in [4.69, 9.17) is 47.4 Å². The summed E-state index contributed by atoms with van der Waals surface area (Å²) in [7, 11) is 10.4. The lowest BCUT2D eigenvalue weighted by atomic mass is 10.1. The molecule has 0 bridgehead atoms. The van der Waals surface area contributed by atoms with Crippen LogP contribution in [0.1, 0.15) is 101 Å². The van der Waals surface area contributed by atoms with Gasteiger partial charge in [-0.3, -0.25) is 66.9 Å². The van der Waals surface area contributed by atoms with E-state index in [1.807, 2.05) is 65.8 Å². The number of aryl methyl sites for hydroxylation is 2. The molecule has 0 aliphatic rings. The molecule has 0 aliphatic carbocycles. The summed E-state index contributed by atoms with van der Waals surface area (Å²) >= 11 is 0. The summed E-state index contributed by atoms with van der Waals surface area (Å²) in [5.74, 6) is -2.85. The number of hydrogen-bond acceptors (Lipinski definition) is 32. The standard InChI is InChI=1S/C74H116N16O22/c1-103-67(95)19-39-85(40-20-68(96)104-2)47-27-75-63(91)15-35-83(36-16-64(92)76-28-48-86(41-21-69(97)105-3)42-22-70(98)106-4)31-9-33-89-53-59(79-81-89)55-111-61-13-11-58-52-62(14-12-57(58)51-61)112-56-60-54-90(82-80-60)34-10-32-84(37-17-65(93)77-29-49-87(43-23-71(99)107-5)44-24-72(100)108-6)38-18-66(94)78-30-50-88(45-25-73(101)109-7)46-26-74(102)110-8/h11-14,51-54H,9-10,15-50,55-56H2,1-8H3,(H,75,91)(H,76,92)(H,77,93)(H,78,94). The lowest BCUT2D eigenvalue weighted by Crippen LogP contribution is -2.40. The predicted molar refractivity (Wildman–Crippen MR) is 404 cm³/mol. The molecule has 4 amide bonds. The number of ether oxygens (including phenoxy) is 10. The number of carbonyl (C=O) groups excluding carboxylic acids is 12. The van der Waals surface area contributed by atoms with E-state index in [9.17, 15) is 57.5 Å². The molecule has 0 aliphatic heterocycles. The van der Waals surface area contributed by atoms with Crippen LogP contribution in [-0.2, 0) is 122 Å². The van der Waals surface area contributed by atoms with Crippen LogP contribution in [-0.4, -0.2) is 332 Å². The van der Waals surface area contributed by atoms with Gasteiger partial charge in [0, 0.05) is 170 Å². The summed E-state index contributed by atoms with van der Waals surface area (Å²) in [6.45, 7) is 8.70. The van der Waals surface area contributed by atoms with E-state index in [-0.39, 0.29) is 140 Å². The number of hydrogen-bond donors (Lipinski definition) is 4. The number of carbonyl (C=O) groups is 12. The molecule has 0 saturated carbocycles. The molecular formula is C74H116N16O22. The molecule has 2 heterocycles. The highest BCUT2D eigenvalue weighted by Crippen LogP contribution is 2.26. The van der Waals surface area contributed by atoms with Crippen molar-refractivity contribution in [3.8, 4) is 11.5 Å². The van der Waals surface area contributed by atoms with Gasteiger partial charge < -0.3 is 98.0 Å². The fourth-order valence-corrected chi connectivity index (χ4v) is 11.3. The van der Waals surface area contributed by atoms with Crippen molar-refractivity contribution in [3.05, 3.63) is 60.2 Å². The van der Waals surface area contributed by atoms with Gasteiger partial charge in [-0.1, -0.05) is 22.6 Å². The normalized spacial score (nSPS) is 11.2. The number of benzene rings is 2. The van der Waals surface area contributed by atoms with Gasteiger partial charge in [-0.15, -0.1) is 10.2 Å². The van der Waals surface area contributed by atoms with Gasteiger partial charge >= 0.3 is 47.8 Å². The van der Waals surface area contributed by atoms with E-state index in [1.54, 1.807) is 21.8 Å². The SMILES string of the molecule is COC(=O)CCN(CCNC(=O)CCN(CCCn1cc(COc2ccc3cc(OCc4cn(CCCN(CCC(=O)NCCN(CCC(=O)OC)CCC(=O)OC)CCC(=O)NCCN(CCC(=O)OC)CCC(=O)OC)nn4)ccc3c2)nn1)CCC(=O)NCCN(CCC(=O)OC)CCC(=O)OC)CCC(=O)OC. The Morgan fingerprint density at radius 1 is 0.304 bits per heavy atom. The summed E-state index contributed by atoms with van der Waals surface area (Å²) in [6.07, 6.45) is 6.17. The van der Waals surface area contributed by atoms with Gasteiger partial charge in [-0.25, -0.2) is 0 Å². The van der Waals surface area contributed by atoms with Crippen molar-refractivity contribution in [1.29, 1.82) is 0 Å². The first-order valence-corrected chi connectivity index (χ1v) is 37.6. The molecule has 2 aromatic heterocycles. The second kappa shape index (κ2) is 56.2. The van der Waals surface area contributed by atoms with Gasteiger partial charge in [0.15, 0.2) is 0 Å². The van der Waals surface area contributed by atoms with Gasteiger partial charge in [0.05, 0.1) is 121 Å². The second-order valence-electron chi connectivity index (χ2n) is 26.0. The summed E-state index contributed by atoms with van der Waals surface area (Å²) < 4.78 is 53.9. The zero-order chi connectivity index (χ0) is 81.7. The van der Waals surface area contributed by atoms with Crippen molar-refractivity contribution < 1.29 is 105 Å². The van der Waals surface area contributed by atoms with Crippen molar-refractivity contribution in [1.82, 2.24) is 80.7 Å². The van der Waals surface area contributed by atoms with E-state index in [0.29, 0.717) is 167 Å². The van der Waals surface area contributed by atoms with Crippen LogP contribution in [0, 0.1) is 0 Å². The minimum Gasteiger partial charge on any atom is -0.487 e. The quantitative estimate of drug-likeness (QED) is 0.0341. The van der Waals surface area contributed by atoms with Crippen LogP contribution in [0.3, 0.4) is 0 Å². The number of rotatable bonds is 62. The molecule has 0 spiro atoms. The van der Waals surface area contributed by atoms with Gasteiger partial charge in [0.25, 0.3) is 0 Å². The first-order chi connectivity index (χ1) is 54.0. The molecule has 4 aromatic rings. The lowest BCUT2D eigenvalue weighted by Gasteiger charge is -2.23. The van der Waals surface area contributed by atoms with Gasteiger partial charge in [0.1, 0.15) is 36.1 Å². The van der Waals surface area contributed by atoms with Crippen LogP contribution in [0.5, 0.6) is 11.5 Å². The van der Waals surface area contributed by atoms with Crippen molar-refractivity contribution in [2.45, 2.75) is 116 Å². The topological polar surface area (TPSA) is 426 Å². The molecule has 112 heavy (non-hydrogen) atoms. The molecule has 2 aromatic carbocycles. The number of nitrogens with one attached hydrogen (secondary N) is 4. The number of nitrogens with zero attached hydrogens (tertiary/aromatic N) is 12. The van der Waals surface area contributed by atoms with E-state index >= 15 is 0 Å². The summed E-state index contributed by atoms with van der Waals surface area (Å²) in [6, 6.07) is 11.4. The van der Waals surface area contributed by atoms with Crippen LogP contribution < -0.4 is 30.7 Å². The summed E-state index contributed by atoms with van der Waals surface area (Å²) in [5, 5.41) is 30.8. The number of aromatic nitrogens is 6. The van der Waals surface area contributed by atoms with Crippen LogP contribution in [0.15, 0.2) is 48.8 Å². The highest BCUT2D eigenvalue weighted by molar-refractivity contribution is 5.85. The highest BCUT2D eigenvalue weighted by Gasteiger charge is 2.20. The first kappa shape index (κ1) is 94.4. The summed E-state index contributed by atoms with van der Waals surface area (Å²) in [4.78, 5) is 159. The molecule has 0 unspecified atom stereocenters. The molecule has 4 rings (SSSR count). The largest absolute Gasteiger partial charge is 0.487 e. The Morgan fingerprint density at radius 2 is 0.527 bits per heavy atom. The number of fused-ring (bicyclic) bond motifs is 1. The average Bonchev–Trinajstić information content (AvgIpc) is 0.903. The predicted octanol–water partition coefficient (Wildman–Crippen LogP) is 0.303. The number of amides is 4. The molecule has 0 saturated heterocycles. The molecule has 0 atom stereocenters. The third-order valence-corrected chi connectivity index (χ3v) is 18.0. The van der Waals surface area contributed by atoms with E-state index in [1.165, 1.54) is 56.9 Å². The second-order valence-corrected chi connectivity index (χ2v) is 26.0. The minimum atomic E-state index is -0.399. The zero-order valence-corrected chi connectivity index (χ0v) is 66.3. The third-order valence-electron chi connectivity index (χ3n) is 18.0. The molecule has 624 valence electrons. The lowest BCUT2D eigenvalue weighted by molar-refractivity contribution is -0.142. The van der Waals surface area contributed by atoms with Crippen molar-refractivity contribution in [2.24, 2.45) is 0 Å². The van der Waals surface area contributed by atoms with Crippen LogP contribution in [0.4, 0.5) is 0 Å². The third kappa shape index (κ3) is 42.4. The molecule has 0 radical (unpaired) electrons. The molecular weight excluding hydrogens is 1460 g/mol. The Morgan fingerprint density at radius 3 is 0.759 bits per heavy atom. The van der Waals surface area contributed by atoms with Crippen LogP contribution in [0.2, 0.25) is 0 Å². The summed E-state index contributed by atoms with van der Waals surface area (Å²) in [5.41, 5.74) is 1.19. The zero-order valence-electron chi connectivity index (χ0n) is 66.3. The first-order valence-electron chi connectivity index (χ1n) is 37.6. The smallest absolute Gasteiger partial charge is 0.306 e. The maximum absolute atomic E-state index is 13.2. The molecule has 38 nitrogen and oxygen atoms in total. The van der Waals surface area contributed by atoms with Crippen LogP contribution in [0.25, 0.3) is 10.8 Å². The molecule has 38 heteroatoms.